The molecule has 0 aromatic rings. The van der Waals surface area contributed by atoms with Gasteiger partial charge in [-0.2, -0.15) is 0 Å². The number of rotatable bonds is 1. The van der Waals surface area contributed by atoms with Crippen LogP contribution in [0.1, 0.15) is 13.8 Å². The van der Waals surface area contributed by atoms with Crippen molar-refractivity contribution in [3.8, 4) is 0 Å². The first-order valence-electron chi connectivity index (χ1n) is 3.72. The van der Waals surface area contributed by atoms with E-state index in [0.717, 1.165) is 0 Å². The second-order valence-corrected chi connectivity index (χ2v) is 3.20. The van der Waals surface area contributed by atoms with E-state index in [1.807, 2.05) is 0 Å². The van der Waals surface area contributed by atoms with Crippen molar-refractivity contribution in [2.45, 2.75) is 25.7 Å². The lowest BCUT2D eigenvalue weighted by molar-refractivity contribution is 0.0819. The van der Waals surface area contributed by atoms with E-state index in [0.29, 0.717) is 16.8 Å². The zero-order valence-corrected chi connectivity index (χ0v) is 6.87. The lowest BCUT2D eigenvalue weighted by Crippen LogP contribution is -2.16. The molecule has 2 atom stereocenters. The highest BCUT2D eigenvalue weighted by molar-refractivity contribution is 5.45. The van der Waals surface area contributed by atoms with Crippen molar-refractivity contribution in [1.82, 2.24) is 0 Å². The van der Waals surface area contributed by atoms with Gasteiger partial charge >= 0.3 is 0 Å². The predicted octanol–water partition coefficient (Wildman–Crippen LogP) is 1.07. The largest absolute Gasteiger partial charge is 0.360 e. The fourth-order valence-corrected chi connectivity index (χ4v) is 1.62. The van der Waals surface area contributed by atoms with Crippen molar-refractivity contribution in [2.24, 2.45) is 5.18 Å². The van der Waals surface area contributed by atoms with E-state index in [4.69, 9.17) is 4.74 Å². The molecule has 0 radical (unpaired) electrons. The van der Waals surface area contributed by atoms with Crippen molar-refractivity contribution in [3.63, 3.8) is 0 Å². The highest BCUT2D eigenvalue weighted by atomic mass is 16.7. The van der Waals surface area contributed by atoms with Gasteiger partial charge in [0.2, 0.25) is 5.79 Å². The number of hydrogen-bond donors (Lipinski definition) is 1. The molecule has 0 amide bonds. The Balaban J connectivity index is 2.47. The molecule has 0 spiro atoms. The number of nitrogens with zero attached hydrogens (tertiary/aromatic N) is 1. The van der Waals surface area contributed by atoms with Gasteiger partial charge in [0.15, 0.2) is 0 Å². The van der Waals surface area contributed by atoms with Crippen LogP contribution in [-0.2, 0) is 4.74 Å². The molecular formula is C8H9NO3. The van der Waals surface area contributed by atoms with Crippen LogP contribution in [-0.4, -0.2) is 17.0 Å². The molecule has 1 aliphatic carbocycles. The summed E-state index contributed by atoms with van der Waals surface area (Å²) in [6.07, 6.45) is 1.18. The minimum absolute atomic E-state index is 0.353. The van der Waals surface area contributed by atoms with Crippen LogP contribution in [0.25, 0.3) is 0 Å². The van der Waals surface area contributed by atoms with Gasteiger partial charge < -0.3 is 9.84 Å². The first-order valence-corrected chi connectivity index (χ1v) is 3.72. The summed E-state index contributed by atoms with van der Waals surface area (Å²) in [6, 6.07) is 0. The minimum Gasteiger partial charge on any atom is -0.360 e. The van der Waals surface area contributed by atoms with Crippen molar-refractivity contribution in [2.75, 3.05) is 0 Å². The molecule has 0 aromatic carbocycles. The van der Waals surface area contributed by atoms with Crippen molar-refractivity contribution in [3.05, 3.63) is 27.8 Å². The summed E-state index contributed by atoms with van der Waals surface area (Å²) in [7, 11) is 0. The van der Waals surface area contributed by atoms with Crippen LogP contribution in [0.4, 0.5) is 0 Å². The SMILES string of the molecule is CC1=CC2(O)OC2C(C)=C1N=O. The molecule has 1 aliphatic heterocycles. The Kier molecular flexibility index (Phi) is 1.29. The highest BCUT2D eigenvalue weighted by Crippen LogP contribution is 2.46. The molecule has 2 aliphatic rings. The standard InChI is InChI=1S/C8H9NO3/c1-4-3-8(10)7(12-8)5(2)6(4)9-11/h3,7,10H,1-2H3. The average molecular weight is 167 g/mol. The predicted molar refractivity (Wildman–Crippen MR) is 42.1 cm³/mol. The maximum atomic E-state index is 10.4. The van der Waals surface area contributed by atoms with Gasteiger partial charge in [0.1, 0.15) is 11.8 Å². The Morgan fingerprint density at radius 1 is 1.67 bits per heavy atom. The Bertz CT molecular complexity index is 318. The molecule has 4 nitrogen and oxygen atoms in total. The maximum Gasteiger partial charge on any atom is 0.218 e. The lowest BCUT2D eigenvalue weighted by Gasteiger charge is -2.10. The van der Waals surface area contributed by atoms with Crippen LogP contribution in [0, 0.1) is 4.91 Å². The van der Waals surface area contributed by atoms with Crippen LogP contribution in [0.15, 0.2) is 28.1 Å². The zero-order chi connectivity index (χ0) is 8.93. The highest BCUT2D eigenvalue weighted by Gasteiger charge is 2.57. The maximum absolute atomic E-state index is 10.4. The number of ether oxygens (including phenoxy) is 1. The van der Waals surface area contributed by atoms with Crippen molar-refractivity contribution >= 4 is 0 Å². The third kappa shape index (κ3) is 0.790. The Labute approximate surface area is 69.5 Å². The molecule has 1 N–H and O–H groups in total. The molecule has 0 bridgehead atoms. The molecule has 64 valence electrons. The third-order valence-corrected chi connectivity index (χ3v) is 2.28. The molecule has 1 fully saturated rings. The summed E-state index contributed by atoms with van der Waals surface area (Å²) in [5.74, 6) is -1.15. The molecule has 1 saturated heterocycles. The number of nitroso groups, excluding NO2 is 1. The van der Waals surface area contributed by atoms with Crippen LogP contribution >= 0.6 is 0 Å². The van der Waals surface area contributed by atoms with Gasteiger partial charge in [0.25, 0.3) is 0 Å². The Hall–Kier alpha value is -1.00. The smallest absolute Gasteiger partial charge is 0.218 e. The van der Waals surface area contributed by atoms with E-state index < -0.39 is 5.79 Å². The first-order chi connectivity index (χ1) is 5.58. The zero-order valence-electron chi connectivity index (χ0n) is 6.87. The summed E-state index contributed by atoms with van der Waals surface area (Å²) < 4.78 is 5.00. The van der Waals surface area contributed by atoms with Gasteiger partial charge in [-0.05, 0) is 36.2 Å². The second-order valence-electron chi connectivity index (χ2n) is 3.20. The van der Waals surface area contributed by atoms with E-state index in [-0.39, 0.29) is 6.10 Å². The van der Waals surface area contributed by atoms with Gasteiger partial charge in [-0.3, -0.25) is 0 Å². The lowest BCUT2D eigenvalue weighted by atomic mass is 9.96. The molecular weight excluding hydrogens is 158 g/mol. The quantitative estimate of drug-likeness (QED) is 0.469. The summed E-state index contributed by atoms with van der Waals surface area (Å²) in [5.41, 5.74) is 1.80. The topological polar surface area (TPSA) is 62.2 Å². The molecule has 1 heterocycles. The van der Waals surface area contributed by atoms with Crippen LogP contribution in [0.3, 0.4) is 0 Å². The Morgan fingerprint density at radius 3 is 2.92 bits per heavy atom. The summed E-state index contributed by atoms with van der Waals surface area (Å²) in [5, 5.41) is 12.4. The minimum atomic E-state index is -1.15. The number of hydrogen-bond acceptors (Lipinski definition) is 4. The molecule has 4 heteroatoms. The van der Waals surface area contributed by atoms with Gasteiger partial charge in [-0.25, -0.2) is 0 Å². The monoisotopic (exact) mass is 167 g/mol. The first kappa shape index (κ1) is 7.64. The molecule has 2 unspecified atom stereocenters. The van der Waals surface area contributed by atoms with Gasteiger partial charge in [-0.1, -0.05) is 0 Å². The molecule has 0 aromatic heterocycles. The second kappa shape index (κ2) is 2.02. The van der Waals surface area contributed by atoms with E-state index in [9.17, 15) is 10.0 Å². The number of allylic oxidation sites excluding steroid dienone is 1. The summed E-state index contributed by atoms with van der Waals surface area (Å²) in [6.45, 7) is 3.48. The number of fused-ring (bicyclic) bond motifs is 1. The van der Waals surface area contributed by atoms with Crippen LogP contribution < -0.4 is 0 Å². The average Bonchev–Trinajstić information content (AvgIpc) is 2.62. The molecule has 2 rings (SSSR count). The number of aliphatic hydroxyl groups is 1. The third-order valence-electron chi connectivity index (χ3n) is 2.28. The van der Waals surface area contributed by atoms with E-state index in [1.165, 1.54) is 6.08 Å². The van der Waals surface area contributed by atoms with E-state index in [2.05, 4.69) is 5.18 Å². The van der Waals surface area contributed by atoms with Crippen LogP contribution in [0.5, 0.6) is 0 Å². The fraction of sp³-hybridized carbons (Fsp3) is 0.500. The number of epoxide rings is 1. The Morgan fingerprint density at radius 2 is 2.33 bits per heavy atom. The van der Waals surface area contributed by atoms with E-state index >= 15 is 0 Å². The molecule has 0 saturated carbocycles. The van der Waals surface area contributed by atoms with Gasteiger partial charge in [0, 0.05) is 0 Å². The molecule has 12 heavy (non-hydrogen) atoms. The van der Waals surface area contributed by atoms with Crippen molar-refractivity contribution in [1.29, 1.82) is 0 Å². The van der Waals surface area contributed by atoms with Gasteiger partial charge in [0.05, 0.1) is 0 Å². The fourth-order valence-electron chi connectivity index (χ4n) is 1.62. The summed E-state index contributed by atoms with van der Waals surface area (Å²) in [4.78, 5) is 10.4. The van der Waals surface area contributed by atoms with Crippen molar-refractivity contribution < 1.29 is 9.84 Å². The summed E-state index contributed by atoms with van der Waals surface area (Å²) >= 11 is 0. The van der Waals surface area contributed by atoms with Gasteiger partial charge in [-0.15, -0.1) is 4.91 Å². The van der Waals surface area contributed by atoms with Crippen LogP contribution in [0.2, 0.25) is 0 Å². The normalized spacial score (nSPS) is 38.9. The van der Waals surface area contributed by atoms with E-state index in [1.54, 1.807) is 13.8 Å².